The third-order valence-corrected chi connectivity index (χ3v) is 4.91. The summed E-state index contributed by atoms with van der Waals surface area (Å²) in [5.41, 5.74) is 0. The van der Waals surface area contributed by atoms with Gasteiger partial charge in [-0.25, -0.2) is 4.79 Å². The number of thiophene rings is 1. The van der Waals surface area contributed by atoms with Crippen molar-refractivity contribution in [1.82, 2.24) is 5.32 Å². The van der Waals surface area contributed by atoms with E-state index in [1.54, 1.807) is 32.0 Å². The number of fused-ring (bicyclic) bond motifs is 1. The van der Waals surface area contributed by atoms with E-state index in [0.717, 1.165) is 10.1 Å². The SMILES string of the molecule is CC(C)C(NC(=O)c1sc2cc(Cl)ccc2c1Cl)C(=O)O. The zero-order chi connectivity index (χ0) is 15.7. The van der Waals surface area contributed by atoms with Crippen LogP contribution in [0.4, 0.5) is 0 Å². The number of rotatable bonds is 4. The van der Waals surface area contributed by atoms with Crippen LogP contribution in [-0.2, 0) is 4.79 Å². The monoisotopic (exact) mass is 345 g/mol. The summed E-state index contributed by atoms with van der Waals surface area (Å²) in [6.45, 7) is 3.46. The molecule has 1 unspecified atom stereocenters. The molecule has 1 atom stereocenters. The van der Waals surface area contributed by atoms with Crippen LogP contribution in [0.25, 0.3) is 10.1 Å². The van der Waals surface area contributed by atoms with E-state index < -0.39 is 17.9 Å². The van der Waals surface area contributed by atoms with Gasteiger partial charge >= 0.3 is 5.97 Å². The molecule has 7 heteroatoms. The molecule has 0 fully saturated rings. The Morgan fingerprint density at radius 2 is 1.95 bits per heavy atom. The van der Waals surface area contributed by atoms with Crippen LogP contribution in [0.3, 0.4) is 0 Å². The first-order valence-electron chi connectivity index (χ1n) is 6.22. The van der Waals surface area contributed by atoms with E-state index in [1.807, 2.05) is 0 Å². The topological polar surface area (TPSA) is 66.4 Å². The van der Waals surface area contributed by atoms with Gasteiger partial charge in [0.2, 0.25) is 0 Å². The van der Waals surface area contributed by atoms with Crippen molar-refractivity contribution in [3.05, 3.63) is 33.1 Å². The van der Waals surface area contributed by atoms with Crippen molar-refractivity contribution >= 4 is 56.5 Å². The lowest BCUT2D eigenvalue weighted by Crippen LogP contribution is -2.44. The highest BCUT2D eigenvalue weighted by Gasteiger charge is 2.26. The van der Waals surface area contributed by atoms with Gasteiger partial charge in [0.05, 0.1) is 5.02 Å². The molecule has 1 heterocycles. The van der Waals surface area contributed by atoms with Crippen LogP contribution in [0.15, 0.2) is 18.2 Å². The molecule has 0 saturated carbocycles. The molecule has 21 heavy (non-hydrogen) atoms. The lowest BCUT2D eigenvalue weighted by Gasteiger charge is -2.17. The standard InChI is InChI=1S/C14H13Cl2NO3S/c1-6(2)11(14(19)20)17-13(18)12-10(16)8-4-3-7(15)5-9(8)21-12/h3-6,11H,1-2H3,(H,17,18)(H,19,20). The van der Waals surface area contributed by atoms with E-state index in [9.17, 15) is 9.59 Å². The van der Waals surface area contributed by atoms with Gasteiger partial charge in [-0.1, -0.05) is 43.1 Å². The first-order valence-corrected chi connectivity index (χ1v) is 7.79. The lowest BCUT2D eigenvalue weighted by molar-refractivity contribution is -0.140. The molecule has 0 aliphatic carbocycles. The van der Waals surface area contributed by atoms with Gasteiger partial charge in [-0.05, 0) is 18.1 Å². The summed E-state index contributed by atoms with van der Waals surface area (Å²) < 4.78 is 0.786. The average molecular weight is 346 g/mol. The van der Waals surface area contributed by atoms with Crippen LogP contribution in [0.5, 0.6) is 0 Å². The van der Waals surface area contributed by atoms with E-state index in [-0.39, 0.29) is 5.92 Å². The van der Waals surface area contributed by atoms with Crippen molar-refractivity contribution < 1.29 is 14.7 Å². The van der Waals surface area contributed by atoms with Gasteiger partial charge in [0.15, 0.2) is 0 Å². The fraction of sp³-hybridized carbons (Fsp3) is 0.286. The van der Waals surface area contributed by atoms with Crippen LogP contribution < -0.4 is 5.32 Å². The number of halogens is 2. The normalized spacial score (nSPS) is 12.6. The van der Waals surface area contributed by atoms with Crippen molar-refractivity contribution in [2.45, 2.75) is 19.9 Å². The molecular formula is C14H13Cl2NO3S. The minimum Gasteiger partial charge on any atom is -0.480 e. The molecule has 112 valence electrons. The van der Waals surface area contributed by atoms with Crippen molar-refractivity contribution in [2.75, 3.05) is 0 Å². The highest BCUT2D eigenvalue weighted by molar-refractivity contribution is 7.21. The first-order chi connectivity index (χ1) is 9.81. The summed E-state index contributed by atoms with van der Waals surface area (Å²) in [5, 5.41) is 13.2. The molecule has 0 spiro atoms. The number of carboxylic acid groups (broad SMARTS) is 1. The smallest absolute Gasteiger partial charge is 0.326 e. The lowest BCUT2D eigenvalue weighted by atomic mass is 10.0. The quantitative estimate of drug-likeness (QED) is 0.878. The van der Waals surface area contributed by atoms with Crippen LogP contribution >= 0.6 is 34.5 Å². The second-order valence-corrected chi connectivity index (χ2v) is 6.79. The molecule has 0 radical (unpaired) electrons. The van der Waals surface area contributed by atoms with Gasteiger partial charge in [-0.15, -0.1) is 11.3 Å². The minimum atomic E-state index is -1.07. The van der Waals surface area contributed by atoms with Gasteiger partial charge in [0, 0.05) is 15.1 Å². The Balaban J connectivity index is 2.35. The first kappa shape index (κ1) is 16.1. The fourth-order valence-corrected chi connectivity index (χ4v) is 3.60. The molecule has 1 aromatic carbocycles. The molecule has 0 saturated heterocycles. The largest absolute Gasteiger partial charge is 0.480 e. The maximum atomic E-state index is 12.3. The van der Waals surface area contributed by atoms with Gasteiger partial charge in [-0.2, -0.15) is 0 Å². The van der Waals surface area contributed by atoms with Crippen molar-refractivity contribution in [2.24, 2.45) is 5.92 Å². The Kier molecular flexibility index (Phi) is 4.76. The van der Waals surface area contributed by atoms with Gasteiger partial charge < -0.3 is 10.4 Å². The summed E-state index contributed by atoms with van der Waals surface area (Å²) in [7, 11) is 0. The Bertz CT molecular complexity index is 712. The second kappa shape index (κ2) is 6.22. The minimum absolute atomic E-state index is 0.228. The summed E-state index contributed by atoms with van der Waals surface area (Å²) >= 11 is 13.3. The maximum Gasteiger partial charge on any atom is 0.326 e. The molecule has 2 rings (SSSR count). The number of nitrogens with one attached hydrogen (secondary N) is 1. The number of benzene rings is 1. The van der Waals surface area contributed by atoms with Crippen LogP contribution in [-0.4, -0.2) is 23.0 Å². The molecule has 4 nitrogen and oxygen atoms in total. The third kappa shape index (κ3) is 3.31. The number of hydrogen-bond acceptors (Lipinski definition) is 3. The molecule has 1 amide bonds. The zero-order valence-corrected chi connectivity index (χ0v) is 13.6. The molecule has 2 N–H and O–H groups in total. The maximum absolute atomic E-state index is 12.3. The molecule has 0 bridgehead atoms. The number of carbonyl (C=O) groups excluding carboxylic acids is 1. The van der Waals surface area contributed by atoms with Gasteiger partial charge in [0.25, 0.3) is 5.91 Å². The van der Waals surface area contributed by atoms with Gasteiger partial charge in [0.1, 0.15) is 10.9 Å². The van der Waals surface area contributed by atoms with Crippen molar-refractivity contribution in [1.29, 1.82) is 0 Å². The molecule has 1 aromatic heterocycles. The average Bonchev–Trinajstić information content (AvgIpc) is 2.71. The second-order valence-electron chi connectivity index (χ2n) is 4.92. The molecule has 0 aliphatic rings. The summed E-state index contributed by atoms with van der Waals surface area (Å²) in [6, 6.07) is 4.20. The van der Waals surface area contributed by atoms with E-state index in [2.05, 4.69) is 5.32 Å². The highest BCUT2D eigenvalue weighted by atomic mass is 35.5. The van der Waals surface area contributed by atoms with E-state index in [4.69, 9.17) is 28.3 Å². The Labute approximate surface area is 135 Å². The predicted octanol–water partition coefficient (Wildman–Crippen LogP) is 4.05. The molecule has 0 aliphatic heterocycles. The number of aliphatic carboxylic acids is 1. The highest BCUT2D eigenvalue weighted by Crippen LogP contribution is 2.36. The Hall–Kier alpha value is -1.30. The van der Waals surface area contributed by atoms with Crippen LogP contribution in [0, 0.1) is 5.92 Å². The van der Waals surface area contributed by atoms with Crippen LogP contribution in [0.2, 0.25) is 10.0 Å². The van der Waals surface area contributed by atoms with Crippen molar-refractivity contribution in [3.63, 3.8) is 0 Å². The number of hydrogen-bond donors (Lipinski definition) is 2. The fourth-order valence-electron chi connectivity index (χ4n) is 1.91. The predicted molar refractivity (Wildman–Crippen MR) is 85.6 cm³/mol. The summed E-state index contributed by atoms with van der Waals surface area (Å²) in [5.74, 6) is -1.79. The third-order valence-electron chi connectivity index (χ3n) is 3.02. The van der Waals surface area contributed by atoms with E-state index in [1.165, 1.54) is 11.3 Å². The summed E-state index contributed by atoms with van der Waals surface area (Å²) in [6.07, 6.45) is 0. The number of carboxylic acids is 1. The van der Waals surface area contributed by atoms with E-state index in [0.29, 0.717) is 14.9 Å². The molecular weight excluding hydrogens is 333 g/mol. The van der Waals surface area contributed by atoms with Crippen molar-refractivity contribution in [3.8, 4) is 0 Å². The Morgan fingerprint density at radius 3 is 2.52 bits per heavy atom. The van der Waals surface area contributed by atoms with Crippen LogP contribution in [0.1, 0.15) is 23.5 Å². The summed E-state index contributed by atoms with van der Waals surface area (Å²) in [4.78, 5) is 23.7. The van der Waals surface area contributed by atoms with Gasteiger partial charge in [-0.3, -0.25) is 4.79 Å². The number of carbonyl (C=O) groups is 2. The molecule has 2 aromatic rings. The zero-order valence-electron chi connectivity index (χ0n) is 11.3. The number of amides is 1. The Morgan fingerprint density at radius 1 is 1.29 bits per heavy atom. The van der Waals surface area contributed by atoms with E-state index >= 15 is 0 Å².